The van der Waals surface area contributed by atoms with Gasteiger partial charge in [-0.25, -0.2) is 9.97 Å². The van der Waals surface area contributed by atoms with E-state index in [0.29, 0.717) is 17.4 Å². The third kappa shape index (κ3) is 4.18. The van der Waals surface area contributed by atoms with Gasteiger partial charge in [-0.15, -0.1) is 0 Å². The number of piperidine rings is 1. The van der Waals surface area contributed by atoms with Crippen LogP contribution >= 0.6 is 0 Å². The van der Waals surface area contributed by atoms with Crippen LogP contribution in [0.3, 0.4) is 0 Å². The minimum atomic E-state index is -0.000527. The Morgan fingerprint density at radius 3 is 2.58 bits per heavy atom. The first kappa shape index (κ1) is 20.2. The minimum absolute atomic E-state index is 0.000527. The van der Waals surface area contributed by atoms with Crippen molar-refractivity contribution >= 4 is 16.7 Å². The second kappa shape index (κ2) is 8.19. The standard InChI is InChI=1S/C25H27N7O/c1-30-15-19(13-27-30)17-2-3-18-12-26-25(29-23(18)10-17)11-24(33)20-14-28-32(16-20)22-6-8-31(9-7-22)21-4-5-21/h2-3,10,12-16,21-22H,4-9,11H2,1H3. The van der Waals surface area contributed by atoms with E-state index in [2.05, 4.69) is 25.1 Å². The zero-order valence-electron chi connectivity index (χ0n) is 18.8. The molecular weight excluding hydrogens is 414 g/mol. The number of benzene rings is 1. The van der Waals surface area contributed by atoms with Crippen LogP contribution in [-0.4, -0.2) is 59.3 Å². The van der Waals surface area contributed by atoms with Crippen LogP contribution in [-0.2, 0) is 13.5 Å². The predicted molar refractivity (Wildman–Crippen MR) is 125 cm³/mol. The van der Waals surface area contributed by atoms with Crippen molar-refractivity contribution in [3.63, 3.8) is 0 Å². The van der Waals surface area contributed by atoms with Gasteiger partial charge in [0.1, 0.15) is 5.82 Å². The highest BCUT2D eigenvalue weighted by Gasteiger charge is 2.32. The zero-order chi connectivity index (χ0) is 22.4. The summed E-state index contributed by atoms with van der Waals surface area (Å²) in [5, 5.41) is 9.70. The van der Waals surface area contributed by atoms with E-state index in [1.165, 1.54) is 12.8 Å². The summed E-state index contributed by atoms with van der Waals surface area (Å²) < 4.78 is 3.76. The topological polar surface area (TPSA) is 81.7 Å². The number of likely N-dealkylation sites (tertiary alicyclic amines) is 1. The van der Waals surface area contributed by atoms with Gasteiger partial charge in [-0.3, -0.25) is 14.2 Å². The van der Waals surface area contributed by atoms with Gasteiger partial charge in [-0.1, -0.05) is 12.1 Å². The van der Waals surface area contributed by atoms with Crippen molar-refractivity contribution in [2.24, 2.45) is 7.05 Å². The molecule has 0 bridgehead atoms. The molecular formula is C25H27N7O. The number of nitrogens with zero attached hydrogens (tertiary/aromatic N) is 7. The van der Waals surface area contributed by atoms with E-state index >= 15 is 0 Å². The highest BCUT2D eigenvalue weighted by atomic mass is 16.1. The number of carbonyl (C=O) groups excluding carboxylic acids is 1. The Bertz CT molecular complexity index is 1310. The molecule has 6 rings (SSSR count). The third-order valence-corrected chi connectivity index (χ3v) is 6.85. The molecule has 0 radical (unpaired) electrons. The Morgan fingerprint density at radius 2 is 1.82 bits per heavy atom. The molecule has 1 saturated heterocycles. The lowest BCUT2D eigenvalue weighted by molar-refractivity contribution is 0.0990. The highest BCUT2D eigenvalue weighted by molar-refractivity contribution is 5.97. The van der Waals surface area contributed by atoms with E-state index < -0.39 is 0 Å². The van der Waals surface area contributed by atoms with Crippen molar-refractivity contribution in [2.75, 3.05) is 13.1 Å². The van der Waals surface area contributed by atoms with Gasteiger partial charge < -0.3 is 4.90 Å². The van der Waals surface area contributed by atoms with Crippen molar-refractivity contribution in [3.8, 4) is 11.1 Å². The second-order valence-corrected chi connectivity index (χ2v) is 9.27. The molecule has 2 fully saturated rings. The second-order valence-electron chi connectivity index (χ2n) is 9.27. The Morgan fingerprint density at radius 1 is 0.970 bits per heavy atom. The summed E-state index contributed by atoms with van der Waals surface area (Å²) in [6.07, 6.45) is 14.3. The zero-order valence-corrected chi connectivity index (χ0v) is 18.8. The molecule has 4 heterocycles. The largest absolute Gasteiger partial charge is 0.300 e. The van der Waals surface area contributed by atoms with Crippen LogP contribution in [0.2, 0.25) is 0 Å². The van der Waals surface area contributed by atoms with Gasteiger partial charge in [-0.2, -0.15) is 10.2 Å². The molecule has 168 valence electrons. The summed E-state index contributed by atoms with van der Waals surface area (Å²) in [4.78, 5) is 24.6. The highest BCUT2D eigenvalue weighted by Crippen LogP contribution is 2.32. The average Bonchev–Trinajstić information content (AvgIpc) is 3.40. The summed E-state index contributed by atoms with van der Waals surface area (Å²) in [6, 6.07) is 7.26. The number of hydrogen-bond donors (Lipinski definition) is 0. The number of ketones is 1. The molecule has 0 unspecified atom stereocenters. The van der Waals surface area contributed by atoms with Crippen LogP contribution in [0.1, 0.15) is 47.9 Å². The Hall–Kier alpha value is -3.39. The molecule has 0 atom stereocenters. The van der Waals surface area contributed by atoms with Gasteiger partial charge in [-0.05, 0) is 37.3 Å². The monoisotopic (exact) mass is 441 g/mol. The molecule has 0 amide bonds. The first-order chi connectivity index (χ1) is 16.1. The predicted octanol–water partition coefficient (Wildman–Crippen LogP) is 3.45. The maximum absolute atomic E-state index is 12.9. The Balaban J connectivity index is 1.15. The van der Waals surface area contributed by atoms with Crippen LogP contribution in [0.4, 0.5) is 0 Å². The van der Waals surface area contributed by atoms with E-state index in [1.807, 2.05) is 48.5 Å². The van der Waals surface area contributed by atoms with Crippen LogP contribution in [0, 0.1) is 0 Å². The SMILES string of the molecule is Cn1cc(-c2ccc3cnc(CC(=O)c4cnn(C5CCN(C6CC6)CC5)c4)nc3c2)cn1. The quantitative estimate of drug-likeness (QED) is 0.426. The number of hydrogen-bond acceptors (Lipinski definition) is 6. The third-order valence-electron chi connectivity index (χ3n) is 6.85. The van der Waals surface area contributed by atoms with E-state index in [4.69, 9.17) is 0 Å². The minimum Gasteiger partial charge on any atom is -0.300 e. The maximum atomic E-state index is 12.9. The maximum Gasteiger partial charge on any atom is 0.173 e. The van der Waals surface area contributed by atoms with E-state index in [1.54, 1.807) is 17.1 Å². The number of rotatable bonds is 6. The van der Waals surface area contributed by atoms with E-state index in [0.717, 1.165) is 54.0 Å². The fourth-order valence-corrected chi connectivity index (χ4v) is 4.78. The molecule has 8 heteroatoms. The first-order valence-corrected chi connectivity index (χ1v) is 11.7. The van der Waals surface area contributed by atoms with Gasteiger partial charge in [0.05, 0.1) is 35.9 Å². The molecule has 3 aromatic heterocycles. The summed E-state index contributed by atoms with van der Waals surface area (Å²) in [6.45, 7) is 2.26. The van der Waals surface area contributed by atoms with E-state index in [9.17, 15) is 4.79 Å². The van der Waals surface area contributed by atoms with Crippen molar-refractivity contribution in [3.05, 3.63) is 60.6 Å². The summed E-state index contributed by atoms with van der Waals surface area (Å²) in [5.41, 5.74) is 3.53. The van der Waals surface area contributed by atoms with Crippen molar-refractivity contribution in [2.45, 2.75) is 44.2 Å². The number of Topliss-reactive ketones (excluding diaryl/α,β-unsaturated/α-hetero) is 1. The first-order valence-electron chi connectivity index (χ1n) is 11.7. The molecule has 8 nitrogen and oxygen atoms in total. The molecule has 1 aliphatic carbocycles. The van der Waals surface area contributed by atoms with Gasteiger partial charge in [0.15, 0.2) is 5.78 Å². The van der Waals surface area contributed by atoms with E-state index in [-0.39, 0.29) is 12.2 Å². The fraction of sp³-hybridized carbons (Fsp3) is 0.400. The van der Waals surface area contributed by atoms with Crippen molar-refractivity contribution in [1.29, 1.82) is 0 Å². The Kier molecular flexibility index (Phi) is 5.02. The molecule has 0 spiro atoms. The van der Waals surface area contributed by atoms with Crippen LogP contribution in [0.25, 0.3) is 22.0 Å². The summed E-state index contributed by atoms with van der Waals surface area (Å²) in [5.74, 6) is 0.528. The van der Waals surface area contributed by atoms with Gasteiger partial charge in [0.2, 0.25) is 0 Å². The summed E-state index contributed by atoms with van der Waals surface area (Å²) in [7, 11) is 1.90. The van der Waals surface area contributed by atoms with Gasteiger partial charge in [0, 0.05) is 55.7 Å². The Labute approximate surface area is 192 Å². The molecule has 1 aromatic carbocycles. The fourth-order valence-electron chi connectivity index (χ4n) is 4.78. The van der Waals surface area contributed by atoms with Crippen molar-refractivity contribution < 1.29 is 4.79 Å². The molecule has 1 aliphatic heterocycles. The van der Waals surface area contributed by atoms with Gasteiger partial charge >= 0.3 is 0 Å². The summed E-state index contributed by atoms with van der Waals surface area (Å²) >= 11 is 0. The smallest absolute Gasteiger partial charge is 0.173 e. The van der Waals surface area contributed by atoms with Crippen LogP contribution in [0.5, 0.6) is 0 Å². The lowest BCUT2D eigenvalue weighted by Crippen LogP contribution is -2.36. The molecule has 1 saturated carbocycles. The lowest BCUT2D eigenvalue weighted by Gasteiger charge is -2.32. The number of aromatic nitrogens is 6. The molecule has 4 aromatic rings. The lowest BCUT2D eigenvalue weighted by atomic mass is 10.1. The molecule has 33 heavy (non-hydrogen) atoms. The number of aryl methyl sites for hydroxylation is 1. The van der Waals surface area contributed by atoms with Crippen LogP contribution < -0.4 is 0 Å². The van der Waals surface area contributed by atoms with Crippen LogP contribution in [0.15, 0.2) is 49.2 Å². The van der Waals surface area contributed by atoms with Gasteiger partial charge in [0.25, 0.3) is 0 Å². The number of carbonyl (C=O) groups is 1. The average molecular weight is 442 g/mol. The molecule has 2 aliphatic rings. The normalized spacial score (nSPS) is 17.6. The number of fused-ring (bicyclic) bond motifs is 1. The molecule has 0 N–H and O–H groups in total. The van der Waals surface area contributed by atoms with Crippen molar-refractivity contribution in [1.82, 2.24) is 34.4 Å².